The van der Waals surface area contributed by atoms with Crippen LogP contribution in [0.1, 0.15) is 49.1 Å². The van der Waals surface area contributed by atoms with Crippen molar-refractivity contribution in [2.75, 3.05) is 19.0 Å². The van der Waals surface area contributed by atoms with E-state index in [1.54, 1.807) is 18.2 Å². The van der Waals surface area contributed by atoms with Gasteiger partial charge < -0.3 is 19.9 Å². The average molecular weight is 427 g/mol. The standard InChI is InChI=1S/C22H26N4O5/c1-3-31-20-12-17-14(13-25(24-17)15-7-9-16(27)10-8-15)11-18(20)23-22(28)19-5-4-6-21(30-2)26(19)29/h4-6,11-13,15-16,27H,3,7-10H2,1-2H3,(H-,23,28,29)/p+1/t15-,16-. The van der Waals surface area contributed by atoms with Gasteiger partial charge in [0, 0.05) is 23.7 Å². The Morgan fingerprint density at radius 2 is 2.06 bits per heavy atom. The summed E-state index contributed by atoms with van der Waals surface area (Å²) in [5.41, 5.74) is 1.28. The van der Waals surface area contributed by atoms with Crippen LogP contribution in [0.5, 0.6) is 11.6 Å². The number of pyridine rings is 1. The molecule has 0 spiro atoms. The van der Waals surface area contributed by atoms with Gasteiger partial charge in [0.2, 0.25) is 0 Å². The van der Waals surface area contributed by atoms with E-state index >= 15 is 0 Å². The highest BCUT2D eigenvalue weighted by Crippen LogP contribution is 2.33. The van der Waals surface area contributed by atoms with Gasteiger partial charge in [-0.2, -0.15) is 5.10 Å². The van der Waals surface area contributed by atoms with E-state index in [-0.39, 0.29) is 23.7 Å². The third-order valence-electron chi connectivity index (χ3n) is 5.58. The minimum atomic E-state index is -0.504. The summed E-state index contributed by atoms with van der Waals surface area (Å²) >= 11 is 0. The van der Waals surface area contributed by atoms with Crippen LogP contribution in [0.4, 0.5) is 5.69 Å². The Morgan fingerprint density at radius 1 is 1.29 bits per heavy atom. The van der Waals surface area contributed by atoms with Crippen molar-refractivity contribution < 1.29 is 29.3 Å². The van der Waals surface area contributed by atoms with Gasteiger partial charge in [-0.1, -0.05) is 0 Å². The second-order valence-corrected chi connectivity index (χ2v) is 7.63. The predicted octanol–water partition coefficient (Wildman–Crippen LogP) is 2.70. The molecule has 1 aliphatic carbocycles. The predicted molar refractivity (Wildman–Crippen MR) is 113 cm³/mol. The zero-order valence-corrected chi connectivity index (χ0v) is 17.6. The van der Waals surface area contributed by atoms with Crippen molar-refractivity contribution in [2.45, 2.75) is 44.8 Å². The summed E-state index contributed by atoms with van der Waals surface area (Å²) in [6.45, 7) is 2.29. The van der Waals surface area contributed by atoms with Gasteiger partial charge in [0.25, 0.3) is 0 Å². The van der Waals surface area contributed by atoms with Crippen LogP contribution in [0.2, 0.25) is 0 Å². The first-order chi connectivity index (χ1) is 15.0. The highest BCUT2D eigenvalue weighted by atomic mass is 16.5. The number of methoxy groups -OCH3 is 1. The number of benzene rings is 1. The molecule has 4 rings (SSSR count). The quantitative estimate of drug-likeness (QED) is 0.412. The number of nitrogens with one attached hydrogen (secondary N) is 1. The number of hydrogen-bond acceptors (Lipinski definition) is 6. The topological polar surface area (TPSA) is 110 Å². The Labute approximate surface area is 179 Å². The summed E-state index contributed by atoms with van der Waals surface area (Å²) in [6.07, 6.45) is 5.04. The molecule has 2 aromatic heterocycles. The number of aromatic nitrogens is 3. The van der Waals surface area contributed by atoms with Crippen LogP contribution in [0.15, 0.2) is 36.5 Å². The third-order valence-corrected chi connectivity index (χ3v) is 5.58. The minimum absolute atomic E-state index is 0.0263. The molecular weight excluding hydrogens is 400 g/mol. The number of carbonyl (C=O) groups excluding carboxylic acids is 1. The number of aliphatic hydroxyl groups is 1. The maximum atomic E-state index is 12.8. The molecule has 0 unspecified atom stereocenters. The molecule has 3 aromatic rings. The van der Waals surface area contributed by atoms with Crippen LogP contribution >= 0.6 is 0 Å². The van der Waals surface area contributed by atoms with Crippen molar-refractivity contribution in [3.8, 4) is 11.6 Å². The molecule has 2 heterocycles. The van der Waals surface area contributed by atoms with Crippen molar-refractivity contribution >= 4 is 22.5 Å². The number of ether oxygens (including phenoxy) is 2. The lowest BCUT2D eigenvalue weighted by atomic mass is 9.93. The molecule has 0 atom stereocenters. The van der Waals surface area contributed by atoms with E-state index in [1.807, 2.05) is 23.9 Å². The lowest BCUT2D eigenvalue weighted by molar-refractivity contribution is -0.907. The summed E-state index contributed by atoms with van der Waals surface area (Å²) in [6, 6.07) is 8.54. The molecule has 0 saturated heterocycles. The second kappa shape index (κ2) is 8.81. The highest BCUT2D eigenvalue weighted by molar-refractivity contribution is 6.04. The summed E-state index contributed by atoms with van der Waals surface area (Å²) in [4.78, 5) is 12.8. The van der Waals surface area contributed by atoms with Crippen molar-refractivity contribution in [1.29, 1.82) is 0 Å². The molecule has 3 N–H and O–H groups in total. The maximum Gasteiger partial charge on any atom is 0.417 e. The first kappa shape index (κ1) is 20.9. The van der Waals surface area contributed by atoms with Gasteiger partial charge in [-0.15, -0.1) is 0 Å². The first-order valence-electron chi connectivity index (χ1n) is 10.4. The number of carbonyl (C=O) groups is 1. The van der Waals surface area contributed by atoms with E-state index < -0.39 is 5.91 Å². The molecule has 1 amide bonds. The maximum absolute atomic E-state index is 12.8. The number of anilines is 1. The molecular formula is C22H27N4O5+. The van der Waals surface area contributed by atoms with Crippen LogP contribution in [-0.4, -0.2) is 45.8 Å². The molecule has 0 bridgehead atoms. The number of aliphatic hydroxyl groups excluding tert-OH is 1. The summed E-state index contributed by atoms with van der Waals surface area (Å²) in [5, 5.41) is 28.4. The van der Waals surface area contributed by atoms with Gasteiger partial charge in [0.05, 0.1) is 47.9 Å². The normalized spacial score (nSPS) is 18.7. The SMILES string of the molecule is CCOc1cc2nn([C@H]3CC[C@H](O)CC3)cc2cc1NC(=O)c1cccc(OC)[n+]1O. The Morgan fingerprint density at radius 3 is 2.77 bits per heavy atom. The van der Waals surface area contributed by atoms with Gasteiger partial charge in [0.15, 0.2) is 0 Å². The van der Waals surface area contributed by atoms with Gasteiger partial charge in [0.1, 0.15) is 5.75 Å². The van der Waals surface area contributed by atoms with Gasteiger partial charge in [-0.25, -0.2) is 0 Å². The van der Waals surface area contributed by atoms with Crippen LogP contribution in [0.25, 0.3) is 10.9 Å². The lowest BCUT2D eigenvalue weighted by Gasteiger charge is -2.25. The first-order valence-corrected chi connectivity index (χ1v) is 10.4. The second-order valence-electron chi connectivity index (χ2n) is 7.63. The molecule has 1 aliphatic rings. The molecule has 0 radical (unpaired) electrons. The van der Waals surface area contributed by atoms with E-state index in [4.69, 9.17) is 14.6 Å². The van der Waals surface area contributed by atoms with Gasteiger partial charge in [-0.05, 0) is 44.7 Å². The van der Waals surface area contributed by atoms with Gasteiger partial charge >= 0.3 is 17.5 Å². The fraction of sp³-hybridized carbons (Fsp3) is 0.409. The summed E-state index contributed by atoms with van der Waals surface area (Å²) in [7, 11) is 1.41. The minimum Gasteiger partial charge on any atom is -0.492 e. The highest BCUT2D eigenvalue weighted by Gasteiger charge is 2.26. The van der Waals surface area contributed by atoms with Crippen LogP contribution in [0.3, 0.4) is 0 Å². The molecule has 1 fully saturated rings. The lowest BCUT2D eigenvalue weighted by Crippen LogP contribution is -2.40. The van der Waals surface area contributed by atoms with Crippen molar-refractivity contribution in [3.63, 3.8) is 0 Å². The van der Waals surface area contributed by atoms with Crippen molar-refractivity contribution in [3.05, 3.63) is 42.2 Å². The molecule has 9 nitrogen and oxygen atoms in total. The van der Waals surface area contributed by atoms with E-state index in [0.717, 1.165) is 36.6 Å². The zero-order valence-electron chi connectivity index (χ0n) is 17.6. The largest absolute Gasteiger partial charge is 0.492 e. The van der Waals surface area contributed by atoms with Crippen molar-refractivity contribution in [2.24, 2.45) is 0 Å². The van der Waals surface area contributed by atoms with E-state index in [0.29, 0.717) is 22.8 Å². The Hall–Kier alpha value is -3.33. The number of rotatable bonds is 6. The number of nitrogens with zero attached hydrogens (tertiary/aromatic N) is 3. The summed E-state index contributed by atoms with van der Waals surface area (Å²) < 4.78 is 13.4. The Kier molecular flexibility index (Phi) is 5.94. The molecule has 164 valence electrons. The van der Waals surface area contributed by atoms with E-state index in [2.05, 4.69) is 5.32 Å². The Bertz CT molecular complexity index is 1090. The fourth-order valence-electron chi connectivity index (χ4n) is 3.95. The smallest absolute Gasteiger partial charge is 0.417 e. The number of amides is 1. The molecule has 1 saturated carbocycles. The van der Waals surface area contributed by atoms with Crippen LogP contribution in [-0.2, 0) is 0 Å². The number of fused-ring (bicyclic) bond motifs is 1. The van der Waals surface area contributed by atoms with Crippen LogP contribution < -0.4 is 19.5 Å². The van der Waals surface area contributed by atoms with Crippen molar-refractivity contribution in [1.82, 2.24) is 9.78 Å². The van der Waals surface area contributed by atoms with Gasteiger partial charge in [-0.3, -0.25) is 14.7 Å². The Balaban J connectivity index is 1.64. The zero-order chi connectivity index (χ0) is 22.0. The monoisotopic (exact) mass is 427 g/mol. The third kappa shape index (κ3) is 4.27. The molecule has 9 heteroatoms. The summed E-state index contributed by atoms with van der Waals surface area (Å²) in [5.74, 6) is 0.141. The number of hydrogen-bond donors (Lipinski definition) is 3. The molecule has 1 aromatic carbocycles. The van der Waals surface area contributed by atoms with Crippen LogP contribution in [0, 0.1) is 0 Å². The molecule has 0 aliphatic heterocycles. The fourth-order valence-corrected chi connectivity index (χ4v) is 3.95. The molecule has 31 heavy (non-hydrogen) atoms. The van der Waals surface area contributed by atoms with E-state index in [1.165, 1.54) is 13.2 Å². The van der Waals surface area contributed by atoms with E-state index in [9.17, 15) is 15.1 Å². The average Bonchev–Trinajstić information content (AvgIpc) is 3.17.